The second-order valence-electron chi connectivity index (χ2n) is 23.1. The molecule has 5 aliphatic rings. The molecule has 2 aromatic carbocycles. The van der Waals surface area contributed by atoms with E-state index in [0.29, 0.717) is 43.4 Å². The molecule has 0 spiro atoms. The van der Waals surface area contributed by atoms with Gasteiger partial charge in [-0.25, -0.2) is 0 Å². The number of carbonyl (C=O) groups is 8. The number of primary amides is 1. The Hall–Kier alpha value is -6.53. The number of imide groups is 1. The zero-order valence-corrected chi connectivity index (χ0v) is 48.1. The Kier molecular flexibility index (Phi) is 21.4. The Labute approximate surface area is 482 Å². The van der Waals surface area contributed by atoms with Crippen LogP contribution in [0.15, 0.2) is 42.5 Å². The van der Waals surface area contributed by atoms with Gasteiger partial charge < -0.3 is 51.0 Å². The number of aromatic nitrogens is 1. The summed E-state index contributed by atoms with van der Waals surface area (Å²) >= 11 is 0. The highest BCUT2D eigenvalue weighted by atomic mass is 31.2. The third kappa shape index (κ3) is 15.6. The molecule has 9 N–H and O–H groups in total. The van der Waals surface area contributed by atoms with Gasteiger partial charge in [-0.3, -0.25) is 48.2 Å². The second kappa shape index (κ2) is 28.4. The van der Waals surface area contributed by atoms with Crippen LogP contribution in [-0.4, -0.2) is 121 Å². The van der Waals surface area contributed by atoms with Crippen molar-refractivity contribution in [2.45, 2.75) is 203 Å². The Bertz CT molecular complexity index is 2980. The van der Waals surface area contributed by atoms with Crippen molar-refractivity contribution in [1.82, 2.24) is 36.1 Å². The van der Waals surface area contributed by atoms with E-state index in [1.165, 1.54) is 21.9 Å². The third-order valence-electron chi connectivity index (χ3n) is 17.2. The highest BCUT2D eigenvalue weighted by Gasteiger charge is 2.51. The molecule has 2 saturated heterocycles. The Balaban J connectivity index is 0.932. The van der Waals surface area contributed by atoms with Crippen LogP contribution in [0.1, 0.15) is 192 Å². The van der Waals surface area contributed by atoms with Crippen molar-refractivity contribution in [3.05, 3.63) is 70.4 Å². The number of halogens is 2. The highest BCUT2D eigenvalue weighted by molar-refractivity contribution is 7.52. The number of piperidine rings is 1. The molecule has 0 radical (unpaired) electrons. The van der Waals surface area contributed by atoms with E-state index in [9.17, 15) is 61.5 Å². The molecule has 8 rings (SSSR count). The lowest BCUT2D eigenvalue weighted by atomic mass is 9.73. The number of ether oxygens (including phenoxy) is 1. The summed E-state index contributed by atoms with van der Waals surface area (Å²) in [6.45, 7) is 2.40. The number of nitrogens with zero attached hydrogens (tertiary/aromatic N) is 2. The summed E-state index contributed by atoms with van der Waals surface area (Å²) in [4.78, 5) is 132. The molecule has 4 fully saturated rings. The number of rotatable bonds is 25. The van der Waals surface area contributed by atoms with Gasteiger partial charge in [-0.05, 0) is 106 Å². The maximum absolute atomic E-state index is 14.9. The van der Waals surface area contributed by atoms with Crippen molar-refractivity contribution >= 4 is 65.8 Å². The van der Waals surface area contributed by atoms with Crippen LogP contribution >= 0.6 is 7.60 Å². The SMILES string of the molecule is CCCC[C@H](NC(=O)c1cc2cc(C(F)(F)P(=O)(O)O)ccc2[nH]1)C(=O)N1C[C@H](OCCCCCCC#Cc2cccc3c2CN(C2CCC(=O)NC2=O)C3=O)C[C@H]1C(=O)N[C@@H](CCC(N)=O)C(=O)NC(C1CCCCC1)C1CCCCC1. The monoisotopic (exact) mass is 1170 g/mol. The van der Waals surface area contributed by atoms with E-state index < -0.39 is 84.5 Å². The van der Waals surface area contributed by atoms with E-state index in [1.54, 1.807) is 12.1 Å². The molecule has 1 unspecified atom stereocenters. The number of H-pyrrole nitrogens is 1. The van der Waals surface area contributed by atoms with Gasteiger partial charge in [0.05, 0.1) is 6.10 Å². The van der Waals surface area contributed by atoms with Gasteiger partial charge in [0.25, 0.3) is 11.8 Å². The van der Waals surface area contributed by atoms with Crippen LogP contribution in [-0.2, 0) is 50.3 Å². The minimum absolute atomic E-state index is 0.0302. The van der Waals surface area contributed by atoms with Crippen molar-refractivity contribution in [1.29, 1.82) is 0 Å². The first-order chi connectivity index (χ1) is 39.7. The van der Waals surface area contributed by atoms with Gasteiger partial charge in [0.1, 0.15) is 29.9 Å². The van der Waals surface area contributed by atoms with Crippen molar-refractivity contribution in [3.8, 4) is 11.8 Å². The Morgan fingerprint density at radius 1 is 0.867 bits per heavy atom. The summed E-state index contributed by atoms with van der Waals surface area (Å²) in [5.74, 6) is 2.83. The summed E-state index contributed by atoms with van der Waals surface area (Å²) in [6.07, 6.45) is 15.0. The minimum atomic E-state index is -5.88. The number of nitrogens with two attached hydrogens (primary N) is 1. The first-order valence-electron chi connectivity index (χ1n) is 29.7. The van der Waals surface area contributed by atoms with Crippen LogP contribution in [0.5, 0.6) is 0 Å². The van der Waals surface area contributed by atoms with Gasteiger partial charge in [0.2, 0.25) is 35.4 Å². The first kappa shape index (κ1) is 62.5. The molecule has 0 bridgehead atoms. The summed E-state index contributed by atoms with van der Waals surface area (Å²) in [5.41, 5.74) is 2.24. The van der Waals surface area contributed by atoms with Crippen LogP contribution in [0.2, 0.25) is 0 Å². The molecule has 1 aromatic heterocycles. The third-order valence-corrected chi connectivity index (χ3v) is 18.2. The molecule has 2 saturated carbocycles. The average Bonchev–Trinajstić information content (AvgIpc) is 4.37. The fourth-order valence-electron chi connectivity index (χ4n) is 12.6. The van der Waals surface area contributed by atoms with E-state index in [0.717, 1.165) is 101 Å². The average molecular weight is 1170 g/mol. The predicted molar refractivity (Wildman–Crippen MR) is 303 cm³/mol. The Morgan fingerprint density at radius 2 is 1.58 bits per heavy atom. The quantitative estimate of drug-likeness (QED) is 0.0187. The summed E-state index contributed by atoms with van der Waals surface area (Å²) in [6, 6.07) is 5.15. The van der Waals surface area contributed by atoms with Gasteiger partial charge >= 0.3 is 13.3 Å². The predicted octanol–water partition coefficient (Wildman–Crippen LogP) is 6.83. The van der Waals surface area contributed by atoms with Crippen LogP contribution < -0.4 is 27.0 Å². The van der Waals surface area contributed by atoms with E-state index in [2.05, 4.69) is 38.1 Å². The van der Waals surface area contributed by atoms with E-state index in [1.807, 2.05) is 13.0 Å². The number of nitrogens with one attached hydrogen (secondary N) is 5. The van der Waals surface area contributed by atoms with Crippen LogP contribution in [0, 0.1) is 23.7 Å². The number of unbranched alkanes of at least 4 members (excludes halogenated alkanes) is 5. The van der Waals surface area contributed by atoms with Crippen LogP contribution in [0.25, 0.3) is 10.9 Å². The first-order valence-corrected chi connectivity index (χ1v) is 31.3. The number of hydrogen-bond acceptors (Lipinski definition) is 10. The lowest BCUT2D eigenvalue weighted by molar-refractivity contribution is -0.141. The zero-order valence-electron chi connectivity index (χ0n) is 47.2. The lowest BCUT2D eigenvalue weighted by Gasteiger charge is -2.39. The fraction of sp³-hybridized carbons (Fsp3) is 0.600. The Morgan fingerprint density at radius 3 is 2.25 bits per heavy atom. The smallest absolute Gasteiger partial charge is 0.376 e. The molecule has 4 heterocycles. The molecule has 450 valence electrons. The molecule has 20 nitrogen and oxygen atoms in total. The fourth-order valence-corrected chi connectivity index (χ4v) is 13.1. The van der Waals surface area contributed by atoms with Gasteiger partial charge in [-0.2, -0.15) is 8.78 Å². The normalized spacial score (nSPS) is 20.6. The van der Waals surface area contributed by atoms with Crippen molar-refractivity contribution in [2.75, 3.05) is 13.2 Å². The molecule has 83 heavy (non-hydrogen) atoms. The molecule has 3 aromatic rings. The molecule has 5 atom stereocenters. The van der Waals surface area contributed by atoms with Crippen molar-refractivity contribution in [3.63, 3.8) is 0 Å². The van der Waals surface area contributed by atoms with Gasteiger partial charge in [-0.1, -0.05) is 95.1 Å². The molecular weight excluding hydrogens is 1090 g/mol. The van der Waals surface area contributed by atoms with Crippen LogP contribution in [0.4, 0.5) is 8.78 Å². The summed E-state index contributed by atoms with van der Waals surface area (Å²) in [7, 11) is -5.88. The highest BCUT2D eigenvalue weighted by Crippen LogP contribution is 2.59. The number of likely N-dealkylation sites (tertiary alicyclic amines) is 1. The van der Waals surface area contributed by atoms with Gasteiger partial charge in [-0.15, -0.1) is 0 Å². The summed E-state index contributed by atoms with van der Waals surface area (Å²) in [5, 5.41) is 11.4. The number of amides is 8. The van der Waals surface area contributed by atoms with Crippen molar-refractivity contribution < 1.29 is 66.2 Å². The van der Waals surface area contributed by atoms with Gasteiger partial charge in [0, 0.05) is 79.0 Å². The molecule has 8 amide bonds. The molecule has 23 heteroatoms. The zero-order chi connectivity index (χ0) is 59.4. The maximum Gasteiger partial charge on any atom is 0.399 e. The largest absolute Gasteiger partial charge is 0.399 e. The molecule has 2 aliphatic carbocycles. The van der Waals surface area contributed by atoms with E-state index in [-0.39, 0.29) is 97.9 Å². The number of fused-ring (bicyclic) bond motifs is 2. The molecule has 3 aliphatic heterocycles. The lowest BCUT2D eigenvalue weighted by Crippen LogP contribution is -2.58. The van der Waals surface area contributed by atoms with E-state index >= 15 is 0 Å². The van der Waals surface area contributed by atoms with Gasteiger partial charge in [0.15, 0.2) is 0 Å². The van der Waals surface area contributed by atoms with Crippen molar-refractivity contribution in [2.24, 2.45) is 17.6 Å². The summed E-state index contributed by atoms with van der Waals surface area (Å²) < 4.78 is 47.3. The number of benzene rings is 2. The number of aromatic amines is 1. The maximum atomic E-state index is 14.9. The number of alkyl halides is 2. The minimum Gasteiger partial charge on any atom is -0.376 e. The molecular formula is C60H79F2N8O12P. The number of hydrogen-bond donors (Lipinski definition) is 8. The number of carbonyl (C=O) groups excluding carboxylic acids is 8. The topological polar surface area (TPSA) is 300 Å². The van der Waals surface area contributed by atoms with E-state index in [4.69, 9.17) is 10.5 Å². The van der Waals surface area contributed by atoms with Crippen LogP contribution in [0.3, 0.4) is 0 Å². The second-order valence-corrected chi connectivity index (χ2v) is 24.7. The standard InChI is InChI=1S/C60H79F2N8O12P/c1-2-3-24-47(66-55(74)48-33-40-32-41(25-26-45(40)64-48)60(61,62)83(79,80)81)59(78)69-35-42(34-50(69)57(76)65-46(27-29-51(63)71)54(73)68-53(38-18-11-8-12-19-38)39-20-13-9-14-21-39)82-31-15-7-5-4-6-10-17-37-22-16-23-43-44(37)36-70(58(43)77)49-28-30-52(72)67-56(49)75/h16,22-23,25-26,32-33,38-39,42,46-47,49-50,53,64H,2-9,11-15,18-21,24,27-31,34-36H2,1H3,(H2,63,71)(H,65,76)(H,66,74)(H,68,73)(H,67,72,75)(H2,79,80,81)/t42-,46+,47+,49?,50+/m1/s1.